The van der Waals surface area contributed by atoms with Crippen molar-refractivity contribution >= 4 is 50.1 Å². The molecule has 4 aromatic rings. The number of rotatable bonds is 10. The van der Waals surface area contributed by atoms with Crippen LogP contribution in [0.1, 0.15) is 51.6 Å². The molecule has 0 bridgehead atoms. The average molecular weight is 641 g/mol. The third-order valence-corrected chi connectivity index (χ3v) is 10.7. The second-order valence-electron chi connectivity index (χ2n) is 10.1. The van der Waals surface area contributed by atoms with Crippen LogP contribution in [-0.4, -0.2) is 68.3 Å². The minimum Gasteiger partial charge on any atom is -0.345 e. The first kappa shape index (κ1) is 30.8. The molecule has 43 heavy (non-hydrogen) atoms. The fraction of sp³-hybridized carbons (Fsp3) is 0.357. The van der Waals surface area contributed by atoms with Crippen LogP contribution in [0.4, 0.5) is 5.13 Å². The third-order valence-electron chi connectivity index (χ3n) is 7.10. The molecule has 0 unspecified atom stereocenters. The number of hydrogen-bond donors (Lipinski definition) is 2. The summed E-state index contributed by atoms with van der Waals surface area (Å²) in [6, 6.07) is 11.8. The summed E-state index contributed by atoms with van der Waals surface area (Å²) < 4.78 is 29.3. The van der Waals surface area contributed by atoms with Crippen molar-refractivity contribution in [3.63, 3.8) is 0 Å². The van der Waals surface area contributed by atoms with Gasteiger partial charge in [0.25, 0.3) is 5.91 Å². The molecule has 2 N–H and O–H groups in total. The van der Waals surface area contributed by atoms with E-state index in [0.717, 1.165) is 41.1 Å². The normalized spacial score (nSPS) is 14.0. The molecule has 3 heterocycles. The van der Waals surface area contributed by atoms with Gasteiger partial charge >= 0.3 is 0 Å². The molecule has 5 rings (SSSR count). The lowest BCUT2D eigenvalue weighted by molar-refractivity contribution is -0.113. The van der Waals surface area contributed by atoms with Crippen molar-refractivity contribution in [3.8, 4) is 5.69 Å². The Hall–Kier alpha value is -3.66. The maximum Gasteiger partial charge on any atom is 0.251 e. The number of sulfonamides is 1. The minimum atomic E-state index is -3.59. The Kier molecular flexibility index (Phi) is 9.54. The molecule has 0 spiro atoms. The predicted molar refractivity (Wildman–Crippen MR) is 165 cm³/mol. The van der Waals surface area contributed by atoms with E-state index in [0.29, 0.717) is 34.8 Å². The molecule has 0 aliphatic carbocycles. The summed E-state index contributed by atoms with van der Waals surface area (Å²) in [7, 11) is -3.59. The van der Waals surface area contributed by atoms with E-state index >= 15 is 0 Å². The van der Waals surface area contributed by atoms with Gasteiger partial charge in [0.1, 0.15) is 5.01 Å². The second-order valence-corrected chi connectivity index (χ2v) is 14.2. The highest BCUT2D eigenvalue weighted by molar-refractivity contribution is 7.99. The van der Waals surface area contributed by atoms with E-state index < -0.39 is 10.0 Å². The highest BCUT2D eigenvalue weighted by Crippen LogP contribution is 2.27. The quantitative estimate of drug-likeness (QED) is 0.246. The first-order chi connectivity index (χ1) is 20.6. The molecule has 1 saturated heterocycles. The van der Waals surface area contributed by atoms with Gasteiger partial charge in [0, 0.05) is 18.7 Å². The third kappa shape index (κ3) is 7.12. The Balaban J connectivity index is 1.30. The number of anilines is 1. The van der Waals surface area contributed by atoms with E-state index in [1.165, 1.54) is 51.7 Å². The van der Waals surface area contributed by atoms with Crippen LogP contribution in [0, 0.1) is 20.8 Å². The van der Waals surface area contributed by atoms with Crippen LogP contribution in [0.15, 0.2) is 52.5 Å². The van der Waals surface area contributed by atoms with Crippen molar-refractivity contribution in [2.75, 3.05) is 24.2 Å². The van der Waals surface area contributed by atoms with Gasteiger partial charge in [-0.15, -0.1) is 20.4 Å². The molecule has 2 aromatic heterocycles. The number of piperidine rings is 1. The summed E-state index contributed by atoms with van der Waals surface area (Å²) in [4.78, 5) is 25.8. The lowest BCUT2D eigenvalue weighted by Gasteiger charge is -2.25. The van der Waals surface area contributed by atoms with Gasteiger partial charge in [0.15, 0.2) is 11.0 Å². The summed E-state index contributed by atoms with van der Waals surface area (Å²) in [5, 5.41) is 23.8. The monoisotopic (exact) mass is 640 g/mol. The summed E-state index contributed by atoms with van der Waals surface area (Å²) in [5.41, 5.74) is 3.25. The van der Waals surface area contributed by atoms with Crippen LogP contribution in [0.5, 0.6) is 0 Å². The number of nitrogens with zero attached hydrogens (tertiary/aromatic N) is 6. The van der Waals surface area contributed by atoms with Gasteiger partial charge in [-0.25, -0.2) is 8.42 Å². The van der Waals surface area contributed by atoms with Crippen LogP contribution in [-0.2, 0) is 21.4 Å². The fourth-order valence-electron chi connectivity index (χ4n) is 4.65. The topological polar surface area (TPSA) is 152 Å². The van der Waals surface area contributed by atoms with Crippen LogP contribution in [0.3, 0.4) is 0 Å². The number of amides is 2. The summed E-state index contributed by atoms with van der Waals surface area (Å²) >= 11 is 2.51. The minimum absolute atomic E-state index is 0.0594. The van der Waals surface area contributed by atoms with Crippen molar-refractivity contribution in [2.45, 2.75) is 56.6 Å². The number of nitrogens with one attached hydrogen (secondary N) is 2. The number of thioether (sulfide) groups is 1. The number of hydrogen-bond acceptors (Lipinski definition) is 10. The number of benzene rings is 2. The number of aromatic nitrogens is 5. The predicted octanol–water partition coefficient (Wildman–Crippen LogP) is 3.88. The van der Waals surface area contributed by atoms with E-state index in [1.54, 1.807) is 0 Å². The number of carbonyl (C=O) groups is 2. The largest absolute Gasteiger partial charge is 0.345 e. The Morgan fingerprint density at radius 2 is 1.70 bits per heavy atom. The van der Waals surface area contributed by atoms with Crippen LogP contribution >= 0.6 is 23.1 Å². The zero-order chi connectivity index (χ0) is 30.6. The van der Waals surface area contributed by atoms with Gasteiger partial charge in [-0.05, 0) is 75.1 Å². The lowest BCUT2D eigenvalue weighted by atomic mass is 10.1. The van der Waals surface area contributed by atoms with Gasteiger partial charge in [-0.2, -0.15) is 4.31 Å². The van der Waals surface area contributed by atoms with Crippen molar-refractivity contribution in [3.05, 3.63) is 70.0 Å². The maximum atomic E-state index is 13.1. The first-order valence-electron chi connectivity index (χ1n) is 13.8. The molecule has 15 heteroatoms. The van der Waals surface area contributed by atoms with Gasteiger partial charge in [-0.1, -0.05) is 41.7 Å². The maximum absolute atomic E-state index is 13.1. The Morgan fingerprint density at radius 1 is 0.953 bits per heavy atom. The second kappa shape index (κ2) is 13.3. The molecule has 1 aliphatic rings. The molecular weight excluding hydrogens is 609 g/mol. The van der Waals surface area contributed by atoms with Gasteiger partial charge in [0.05, 0.1) is 22.9 Å². The molecule has 1 aliphatic heterocycles. The average Bonchev–Trinajstić information content (AvgIpc) is 3.61. The van der Waals surface area contributed by atoms with Crippen molar-refractivity contribution in [1.29, 1.82) is 0 Å². The zero-order valence-electron chi connectivity index (χ0n) is 24.0. The van der Waals surface area contributed by atoms with Gasteiger partial charge in [0.2, 0.25) is 21.1 Å². The molecule has 1 fully saturated rings. The number of carbonyl (C=O) groups excluding carboxylic acids is 2. The Labute approximate surface area is 258 Å². The fourth-order valence-corrected chi connectivity index (χ4v) is 7.54. The molecule has 12 nitrogen and oxygen atoms in total. The van der Waals surface area contributed by atoms with E-state index in [2.05, 4.69) is 31.0 Å². The van der Waals surface area contributed by atoms with Crippen LogP contribution < -0.4 is 10.6 Å². The van der Waals surface area contributed by atoms with Crippen LogP contribution in [0.2, 0.25) is 0 Å². The lowest BCUT2D eigenvalue weighted by Crippen LogP contribution is -2.35. The standard InChI is InChI=1S/C28H32N8O4S3/c1-18-8-7-9-23(19(18)2)36-24(32-34-28(36)41-17-25(37)30-27-33-31-20(3)42-27)16-29-26(38)21-10-12-22(13-11-21)43(39,40)35-14-5-4-6-15-35/h7-13H,4-6,14-17H2,1-3H3,(H,29,38)(H,30,33,37). The van der Waals surface area contributed by atoms with Crippen molar-refractivity contribution in [1.82, 2.24) is 34.6 Å². The zero-order valence-corrected chi connectivity index (χ0v) is 26.5. The van der Waals surface area contributed by atoms with Gasteiger partial charge in [-0.3, -0.25) is 19.5 Å². The first-order valence-corrected chi connectivity index (χ1v) is 17.0. The van der Waals surface area contributed by atoms with E-state index in [9.17, 15) is 18.0 Å². The molecule has 0 saturated carbocycles. The van der Waals surface area contributed by atoms with Crippen LogP contribution in [0.25, 0.3) is 5.69 Å². The molecular formula is C28H32N8O4S3. The van der Waals surface area contributed by atoms with E-state index in [1.807, 2.05) is 43.5 Å². The SMILES string of the molecule is Cc1nnc(NC(=O)CSc2nnc(CNC(=O)c3ccc(S(=O)(=O)N4CCCCC4)cc3)n2-c2cccc(C)c2C)s1. The molecule has 2 aromatic carbocycles. The van der Waals surface area contributed by atoms with E-state index in [4.69, 9.17) is 0 Å². The molecule has 0 radical (unpaired) electrons. The van der Waals surface area contributed by atoms with Gasteiger partial charge < -0.3 is 5.32 Å². The van der Waals surface area contributed by atoms with Crippen molar-refractivity contribution in [2.24, 2.45) is 0 Å². The number of aryl methyl sites for hydroxylation is 2. The smallest absolute Gasteiger partial charge is 0.251 e. The summed E-state index contributed by atoms with van der Waals surface area (Å²) in [5.74, 6) is -0.0784. The van der Waals surface area contributed by atoms with E-state index in [-0.39, 0.29) is 29.0 Å². The molecule has 226 valence electrons. The Morgan fingerprint density at radius 3 is 2.40 bits per heavy atom. The Bertz CT molecular complexity index is 1730. The van der Waals surface area contributed by atoms with Crippen molar-refractivity contribution < 1.29 is 18.0 Å². The highest BCUT2D eigenvalue weighted by atomic mass is 32.2. The highest BCUT2D eigenvalue weighted by Gasteiger charge is 2.26. The molecule has 2 amide bonds. The summed E-state index contributed by atoms with van der Waals surface area (Å²) in [6.45, 7) is 6.89. The summed E-state index contributed by atoms with van der Waals surface area (Å²) in [6.07, 6.45) is 2.73. The molecule has 0 atom stereocenters.